The van der Waals surface area contributed by atoms with E-state index in [-0.39, 0.29) is 5.56 Å². The monoisotopic (exact) mass is 292 g/mol. The van der Waals surface area contributed by atoms with Gasteiger partial charge in [-0.25, -0.2) is 9.97 Å². The molecule has 19 heavy (non-hydrogen) atoms. The van der Waals surface area contributed by atoms with Gasteiger partial charge in [-0.15, -0.1) is 22.7 Å². The second kappa shape index (κ2) is 5.10. The van der Waals surface area contributed by atoms with Gasteiger partial charge in [-0.05, 0) is 24.3 Å². The number of thiazole rings is 1. The minimum absolute atomic E-state index is 0.0315. The molecule has 0 aliphatic carbocycles. The van der Waals surface area contributed by atoms with E-state index in [1.807, 2.05) is 16.8 Å². The van der Waals surface area contributed by atoms with E-state index in [1.54, 1.807) is 10.9 Å². The Balaban J connectivity index is 1.71. The maximum absolute atomic E-state index is 12.1. The van der Waals surface area contributed by atoms with Crippen molar-refractivity contribution in [1.82, 2.24) is 14.5 Å². The van der Waals surface area contributed by atoms with E-state index >= 15 is 0 Å². The van der Waals surface area contributed by atoms with Crippen molar-refractivity contribution in [3.63, 3.8) is 0 Å². The molecule has 0 aliphatic heterocycles. The Morgan fingerprint density at radius 1 is 1.37 bits per heavy atom. The normalized spacial score (nSPS) is 11.2. The highest BCUT2D eigenvalue weighted by molar-refractivity contribution is 7.16. The van der Waals surface area contributed by atoms with E-state index in [0.29, 0.717) is 17.1 Å². The first-order valence-corrected chi connectivity index (χ1v) is 7.62. The van der Waals surface area contributed by atoms with Gasteiger partial charge in [0.25, 0.3) is 5.56 Å². The molecule has 0 saturated heterocycles. The predicted octanol–water partition coefficient (Wildman–Crippen LogP) is 2.13. The summed E-state index contributed by atoms with van der Waals surface area (Å²) < 4.78 is 1.66. The van der Waals surface area contributed by atoms with Crippen LogP contribution in [0.25, 0.3) is 10.2 Å². The van der Waals surface area contributed by atoms with Gasteiger partial charge >= 0.3 is 0 Å². The second-order valence-corrected chi connectivity index (χ2v) is 5.95. The van der Waals surface area contributed by atoms with Crippen LogP contribution < -0.4 is 11.3 Å². The smallest absolute Gasteiger partial charge is 0.262 e. The van der Waals surface area contributed by atoms with E-state index in [1.165, 1.54) is 22.7 Å². The van der Waals surface area contributed by atoms with Gasteiger partial charge in [0.2, 0.25) is 0 Å². The lowest BCUT2D eigenvalue weighted by molar-refractivity contribution is 0.614. The van der Waals surface area contributed by atoms with Crippen molar-refractivity contribution in [2.45, 2.75) is 19.4 Å². The summed E-state index contributed by atoms with van der Waals surface area (Å²) in [7, 11) is 0. The molecular formula is C12H12N4OS2. The maximum Gasteiger partial charge on any atom is 0.262 e. The van der Waals surface area contributed by atoms with Gasteiger partial charge in [0.1, 0.15) is 4.83 Å². The van der Waals surface area contributed by atoms with Gasteiger partial charge in [0, 0.05) is 11.9 Å². The van der Waals surface area contributed by atoms with Crippen molar-refractivity contribution in [2.24, 2.45) is 0 Å². The lowest BCUT2D eigenvalue weighted by Crippen LogP contribution is -2.20. The third kappa shape index (κ3) is 2.52. The third-order valence-electron chi connectivity index (χ3n) is 2.85. The summed E-state index contributed by atoms with van der Waals surface area (Å²) in [6, 6.07) is 1.83. The largest absolute Gasteiger partial charge is 0.375 e. The summed E-state index contributed by atoms with van der Waals surface area (Å²) in [5.74, 6) is 0. The highest BCUT2D eigenvalue weighted by Gasteiger charge is 2.05. The molecule has 98 valence electrons. The van der Waals surface area contributed by atoms with Gasteiger partial charge in [0.05, 0.1) is 17.4 Å². The predicted molar refractivity (Wildman–Crippen MR) is 78.7 cm³/mol. The van der Waals surface area contributed by atoms with E-state index in [9.17, 15) is 4.79 Å². The lowest BCUT2D eigenvalue weighted by Gasteiger charge is -2.03. The molecule has 0 aliphatic rings. The van der Waals surface area contributed by atoms with Crippen molar-refractivity contribution in [3.8, 4) is 0 Å². The van der Waals surface area contributed by atoms with E-state index in [4.69, 9.17) is 5.73 Å². The molecule has 0 aromatic carbocycles. The Morgan fingerprint density at radius 2 is 2.26 bits per heavy atom. The fourth-order valence-corrected chi connectivity index (χ4v) is 3.24. The molecule has 7 heteroatoms. The van der Waals surface area contributed by atoms with Crippen LogP contribution in [0.4, 0.5) is 5.13 Å². The van der Waals surface area contributed by atoms with Gasteiger partial charge in [-0.2, -0.15) is 0 Å². The van der Waals surface area contributed by atoms with Crippen LogP contribution in [0.2, 0.25) is 0 Å². The Kier molecular flexibility index (Phi) is 3.31. The topological polar surface area (TPSA) is 73.8 Å². The van der Waals surface area contributed by atoms with Crippen LogP contribution in [0.3, 0.4) is 0 Å². The van der Waals surface area contributed by atoms with Crippen LogP contribution in [0.5, 0.6) is 0 Å². The molecule has 3 aromatic heterocycles. The van der Waals surface area contributed by atoms with E-state index in [2.05, 4.69) is 9.97 Å². The van der Waals surface area contributed by atoms with Crippen LogP contribution in [-0.2, 0) is 13.0 Å². The number of nitrogen functional groups attached to an aromatic ring is 1. The number of hydrogen-bond acceptors (Lipinski definition) is 6. The van der Waals surface area contributed by atoms with Gasteiger partial charge in [-0.1, -0.05) is 0 Å². The van der Waals surface area contributed by atoms with Crippen molar-refractivity contribution in [3.05, 3.63) is 39.2 Å². The molecule has 5 nitrogen and oxygen atoms in total. The Bertz CT molecular complexity index is 758. The highest BCUT2D eigenvalue weighted by atomic mass is 32.1. The van der Waals surface area contributed by atoms with E-state index < -0.39 is 0 Å². The van der Waals surface area contributed by atoms with Crippen LogP contribution in [0.1, 0.15) is 12.1 Å². The molecule has 0 radical (unpaired) electrons. The summed E-state index contributed by atoms with van der Waals surface area (Å²) in [5.41, 5.74) is 6.60. The zero-order chi connectivity index (χ0) is 13.2. The number of aryl methyl sites for hydroxylation is 2. The number of hydrogen-bond donors (Lipinski definition) is 1. The van der Waals surface area contributed by atoms with Crippen molar-refractivity contribution < 1.29 is 0 Å². The number of rotatable bonds is 4. The fourth-order valence-electron chi connectivity index (χ4n) is 1.92. The molecule has 0 atom stereocenters. The molecule has 0 saturated carbocycles. The van der Waals surface area contributed by atoms with Crippen molar-refractivity contribution in [1.29, 1.82) is 0 Å². The molecule has 0 bridgehead atoms. The number of nitrogens with two attached hydrogens (primary N) is 1. The number of fused-ring (bicyclic) bond motifs is 1. The minimum Gasteiger partial charge on any atom is -0.375 e. The summed E-state index contributed by atoms with van der Waals surface area (Å²) in [5, 5.41) is 5.14. The average Bonchev–Trinajstić information content (AvgIpc) is 3.01. The number of nitrogens with zero attached hydrogens (tertiary/aromatic N) is 3. The standard InChI is InChI=1S/C12H12N4OS2/c13-12-15-8(6-19-12)2-1-4-16-7-14-10-9(11(16)17)3-5-18-10/h3,5-7H,1-2,4H2,(H2,13,15). The number of thiophene rings is 1. The van der Waals surface area contributed by atoms with Crippen LogP contribution in [0.15, 0.2) is 27.9 Å². The number of anilines is 1. The maximum atomic E-state index is 12.1. The quantitative estimate of drug-likeness (QED) is 0.799. The van der Waals surface area contributed by atoms with Gasteiger partial charge in [-0.3, -0.25) is 9.36 Å². The molecular weight excluding hydrogens is 280 g/mol. The SMILES string of the molecule is Nc1nc(CCCn2cnc3sccc3c2=O)cs1. The Hall–Kier alpha value is -1.73. The molecule has 3 heterocycles. The molecule has 0 unspecified atom stereocenters. The van der Waals surface area contributed by atoms with Crippen molar-refractivity contribution in [2.75, 3.05) is 5.73 Å². The highest BCUT2D eigenvalue weighted by Crippen LogP contribution is 2.14. The molecule has 0 spiro atoms. The number of aromatic nitrogens is 3. The molecule has 3 aromatic rings. The summed E-state index contributed by atoms with van der Waals surface area (Å²) in [4.78, 5) is 21.4. The third-order valence-corrected chi connectivity index (χ3v) is 4.40. The van der Waals surface area contributed by atoms with Crippen molar-refractivity contribution >= 4 is 38.0 Å². The fraction of sp³-hybridized carbons (Fsp3) is 0.250. The van der Waals surface area contributed by atoms with Gasteiger partial charge in [0.15, 0.2) is 5.13 Å². The first kappa shape index (κ1) is 12.3. The molecule has 2 N–H and O–H groups in total. The van der Waals surface area contributed by atoms with Crippen LogP contribution >= 0.6 is 22.7 Å². The van der Waals surface area contributed by atoms with Crippen LogP contribution in [-0.4, -0.2) is 14.5 Å². The first-order valence-electron chi connectivity index (χ1n) is 5.86. The molecule has 3 rings (SSSR count). The summed E-state index contributed by atoms with van der Waals surface area (Å²) >= 11 is 2.93. The minimum atomic E-state index is 0.0315. The van der Waals surface area contributed by atoms with Gasteiger partial charge < -0.3 is 5.73 Å². The zero-order valence-corrected chi connectivity index (χ0v) is 11.7. The molecule has 0 fully saturated rings. The lowest BCUT2D eigenvalue weighted by atomic mass is 10.2. The summed E-state index contributed by atoms with van der Waals surface area (Å²) in [6.45, 7) is 0.648. The Labute approximate surface area is 117 Å². The van der Waals surface area contributed by atoms with Crippen LogP contribution in [0, 0.1) is 0 Å². The first-order chi connectivity index (χ1) is 9.24. The summed E-state index contributed by atoms with van der Waals surface area (Å²) in [6.07, 6.45) is 3.29. The zero-order valence-electron chi connectivity index (χ0n) is 10.1. The Morgan fingerprint density at radius 3 is 3.05 bits per heavy atom. The average molecular weight is 292 g/mol. The van der Waals surface area contributed by atoms with E-state index in [0.717, 1.165) is 23.4 Å². The second-order valence-electron chi connectivity index (χ2n) is 4.16. The molecule has 0 amide bonds.